The molecule has 1 heterocycles. The number of aromatic nitrogens is 1. The Morgan fingerprint density at radius 1 is 1.09 bits per heavy atom. The predicted molar refractivity (Wildman–Crippen MR) is 137 cm³/mol. The molecule has 33 heavy (non-hydrogen) atoms. The van der Waals surface area contributed by atoms with Crippen LogP contribution < -0.4 is 9.73 Å². The number of carbonyl (C=O) groups excluding carboxylic acids is 1. The van der Waals surface area contributed by atoms with Crippen LogP contribution in [0.3, 0.4) is 0 Å². The number of amides is 1. The Labute approximate surface area is 203 Å². The Morgan fingerprint density at radius 2 is 1.82 bits per heavy atom. The molecule has 0 saturated heterocycles. The van der Waals surface area contributed by atoms with Crippen LogP contribution in [-0.4, -0.2) is 37.9 Å². The molecule has 9 heteroatoms. The average molecular weight is 531 g/mol. The number of sulfonamides is 1. The molecule has 0 spiro atoms. The van der Waals surface area contributed by atoms with Crippen LogP contribution in [-0.2, 0) is 14.8 Å². The molecule has 3 rings (SSSR count). The van der Waals surface area contributed by atoms with Crippen LogP contribution in [0.15, 0.2) is 58.1 Å². The summed E-state index contributed by atoms with van der Waals surface area (Å²) in [4.78, 5) is 12.5. The largest absolute Gasteiger partial charge is 0.318 e. The van der Waals surface area contributed by atoms with Gasteiger partial charge in [-0.05, 0) is 75.2 Å². The molecule has 174 valence electrons. The molecule has 0 aliphatic heterocycles. The Balaban J connectivity index is 1.75. The molecular weight excluding hydrogens is 504 g/mol. The number of nitrogens with one attached hydrogen (secondary N) is 1. The van der Waals surface area contributed by atoms with E-state index in [1.54, 1.807) is 18.3 Å². The molecule has 0 unspecified atom stereocenters. The summed E-state index contributed by atoms with van der Waals surface area (Å²) >= 11 is 3.50. The quantitative estimate of drug-likeness (QED) is 0.363. The summed E-state index contributed by atoms with van der Waals surface area (Å²) in [7, 11) is -3.65. The molecule has 7 nitrogen and oxygen atoms in total. The zero-order chi connectivity index (χ0) is 24.3. The van der Waals surface area contributed by atoms with Crippen molar-refractivity contribution in [2.75, 3.05) is 17.1 Å². The van der Waals surface area contributed by atoms with Gasteiger partial charge in [0.2, 0.25) is 10.0 Å². The van der Waals surface area contributed by atoms with Gasteiger partial charge in [-0.25, -0.2) is 13.8 Å². The molecule has 0 bridgehead atoms. The summed E-state index contributed by atoms with van der Waals surface area (Å²) in [5.74, 6) is -0.532. The molecule has 3 aromatic rings. The van der Waals surface area contributed by atoms with Crippen molar-refractivity contribution in [1.29, 1.82) is 0 Å². The smallest absolute Gasteiger partial charge is 0.260 e. The summed E-state index contributed by atoms with van der Waals surface area (Å²) in [5.41, 5.74) is 8.73. The molecule has 0 aliphatic carbocycles. The van der Waals surface area contributed by atoms with Gasteiger partial charge in [-0.2, -0.15) is 5.10 Å². The van der Waals surface area contributed by atoms with Gasteiger partial charge >= 0.3 is 0 Å². The second-order valence-corrected chi connectivity index (χ2v) is 10.8. The Hall–Kier alpha value is -2.91. The lowest BCUT2D eigenvalue weighted by molar-refractivity contribution is -0.119. The Kier molecular flexibility index (Phi) is 7.44. The van der Waals surface area contributed by atoms with Gasteiger partial charge in [0, 0.05) is 27.1 Å². The average Bonchev–Trinajstić information content (AvgIpc) is 3.00. The van der Waals surface area contributed by atoms with E-state index in [2.05, 4.69) is 31.0 Å². The first kappa shape index (κ1) is 24.7. The number of benzene rings is 2. The minimum Gasteiger partial charge on any atom is -0.318 e. The fourth-order valence-electron chi connectivity index (χ4n) is 3.55. The summed E-state index contributed by atoms with van der Waals surface area (Å²) in [6.45, 7) is 7.45. The number of halogens is 1. The van der Waals surface area contributed by atoms with Crippen molar-refractivity contribution in [3.05, 3.63) is 81.1 Å². The van der Waals surface area contributed by atoms with Crippen LogP contribution in [0.5, 0.6) is 0 Å². The zero-order valence-electron chi connectivity index (χ0n) is 19.3. The van der Waals surface area contributed by atoms with E-state index in [1.807, 2.05) is 64.1 Å². The van der Waals surface area contributed by atoms with Crippen molar-refractivity contribution in [2.24, 2.45) is 5.10 Å². The van der Waals surface area contributed by atoms with E-state index in [1.165, 1.54) is 0 Å². The number of nitrogens with zero attached hydrogens (tertiary/aromatic N) is 3. The molecule has 0 saturated carbocycles. The van der Waals surface area contributed by atoms with Crippen molar-refractivity contribution in [3.8, 4) is 5.69 Å². The fourth-order valence-corrected chi connectivity index (χ4v) is 4.79. The van der Waals surface area contributed by atoms with Gasteiger partial charge in [0.25, 0.3) is 5.91 Å². The number of carbonyl (C=O) groups is 1. The number of anilines is 1. The third-order valence-electron chi connectivity index (χ3n) is 5.40. The first-order chi connectivity index (χ1) is 15.5. The van der Waals surface area contributed by atoms with E-state index in [9.17, 15) is 13.2 Å². The Bertz CT molecular complexity index is 1330. The van der Waals surface area contributed by atoms with Gasteiger partial charge in [-0.1, -0.05) is 28.1 Å². The van der Waals surface area contributed by atoms with E-state index in [0.717, 1.165) is 48.8 Å². The lowest BCUT2D eigenvalue weighted by Crippen LogP contribution is -2.39. The first-order valence-electron chi connectivity index (χ1n) is 10.3. The maximum absolute atomic E-state index is 12.5. The zero-order valence-corrected chi connectivity index (χ0v) is 21.7. The summed E-state index contributed by atoms with van der Waals surface area (Å²) in [5, 5.41) is 4.06. The van der Waals surface area contributed by atoms with E-state index < -0.39 is 15.9 Å². The standard InChI is InChI=1S/C24H27BrN4O3S/c1-16-9-10-22(11-17(16)2)28(33(5,31)32)15-24(30)27-26-14-20-12-18(3)29(19(20)4)23-8-6-7-21(25)13-23/h6-14H,15H2,1-5H3,(H,27,30)/b26-14-. The fraction of sp³-hybridized carbons (Fsp3) is 0.250. The van der Waals surface area contributed by atoms with Crippen LogP contribution in [0.4, 0.5) is 5.69 Å². The van der Waals surface area contributed by atoms with Gasteiger partial charge in [0.1, 0.15) is 6.54 Å². The van der Waals surface area contributed by atoms with Gasteiger partial charge < -0.3 is 4.57 Å². The number of hydrazone groups is 1. The van der Waals surface area contributed by atoms with Crippen LogP contribution in [0.25, 0.3) is 5.69 Å². The SMILES string of the molecule is Cc1ccc(N(CC(=O)N/N=C\c2cc(C)n(-c3cccc(Br)c3)c2C)S(C)(=O)=O)cc1C. The number of hydrogen-bond donors (Lipinski definition) is 1. The molecule has 0 atom stereocenters. The highest BCUT2D eigenvalue weighted by Gasteiger charge is 2.21. The van der Waals surface area contributed by atoms with Gasteiger partial charge in [0.15, 0.2) is 0 Å². The van der Waals surface area contributed by atoms with Crippen molar-refractivity contribution >= 4 is 43.8 Å². The molecule has 2 aromatic carbocycles. The minimum atomic E-state index is -3.65. The highest BCUT2D eigenvalue weighted by molar-refractivity contribution is 9.10. The van der Waals surface area contributed by atoms with E-state index in [-0.39, 0.29) is 6.54 Å². The van der Waals surface area contributed by atoms with Crippen molar-refractivity contribution in [2.45, 2.75) is 27.7 Å². The number of rotatable bonds is 7. The van der Waals surface area contributed by atoms with Crippen LogP contribution in [0.1, 0.15) is 28.1 Å². The molecule has 0 fully saturated rings. The van der Waals surface area contributed by atoms with Gasteiger partial charge in [-0.15, -0.1) is 0 Å². The van der Waals surface area contributed by atoms with Crippen LogP contribution in [0, 0.1) is 27.7 Å². The first-order valence-corrected chi connectivity index (χ1v) is 12.9. The molecule has 0 radical (unpaired) electrons. The van der Waals surface area contributed by atoms with Crippen molar-refractivity contribution < 1.29 is 13.2 Å². The van der Waals surface area contributed by atoms with Gasteiger partial charge in [0.05, 0.1) is 18.2 Å². The highest BCUT2D eigenvalue weighted by Crippen LogP contribution is 2.23. The molecule has 1 aromatic heterocycles. The van der Waals surface area contributed by atoms with E-state index in [0.29, 0.717) is 5.69 Å². The molecule has 1 amide bonds. The van der Waals surface area contributed by atoms with Gasteiger partial charge in [-0.3, -0.25) is 9.10 Å². The number of hydrogen-bond acceptors (Lipinski definition) is 4. The summed E-state index contributed by atoms with van der Waals surface area (Å²) < 4.78 is 28.8. The summed E-state index contributed by atoms with van der Waals surface area (Å²) in [6.07, 6.45) is 2.64. The predicted octanol–water partition coefficient (Wildman–Crippen LogP) is 4.39. The topological polar surface area (TPSA) is 83.8 Å². The van der Waals surface area contributed by atoms with Crippen LogP contribution >= 0.6 is 15.9 Å². The van der Waals surface area contributed by atoms with E-state index >= 15 is 0 Å². The monoisotopic (exact) mass is 530 g/mol. The maximum Gasteiger partial charge on any atom is 0.260 e. The van der Waals surface area contributed by atoms with E-state index in [4.69, 9.17) is 0 Å². The highest BCUT2D eigenvalue weighted by atomic mass is 79.9. The normalized spacial score (nSPS) is 11.7. The lowest BCUT2D eigenvalue weighted by Gasteiger charge is -2.22. The lowest BCUT2D eigenvalue weighted by atomic mass is 10.1. The number of aryl methyl sites for hydroxylation is 3. The maximum atomic E-state index is 12.5. The third-order valence-corrected chi connectivity index (χ3v) is 7.03. The summed E-state index contributed by atoms with van der Waals surface area (Å²) in [6, 6.07) is 15.2. The minimum absolute atomic E-state index is 0.365. The van der Waals surface area contributed by atoms with Crippen molar-refractivity contribution in [1.82, 2.24) is 9.99 Å². The van der Waals surface area contributed by atoms with Crippen molar-refractivity contribution in [3.63, 3.8) is 0 Å². The second kappa shape index (κ2) is 9.93. The molecular formula is C24H27BrN4O3S. The Morgan fingerprint density at radius 3 is 2.45 bits per heavy atom. The van der Waals surface area contributed by atoms with Crippen LogP contribution in [0.2, 0.25) is 0 Å². The third kappa shape index (κ3) is 5.91. The molecule has 1 N–H and O–H groups in total. The molecule has 0 aliphatic rings. The second-order valence-electron chi connectivity index (χ2n) is 7.97.